The molecule has 1 atom stereocenters. The summed E-state index contributed by atoms with van der Waals surface area (Å²) in [6.07, 6.45) is 1.58. The lowest BCUT2D eigenvalue weighted by molar-refractivity contribution is -0.122. The van der Waals surface area contributed by atoms with E-state index in [0.717, 1.165) is 12.3 Å². The summed E-state index contributed by atoms with van der Waals surface area (Å²) in [6, 6.07) is 12.0. The fourth-order valence-electron chi connectivity index (χ4n) is 3.41. The van der Waals surface area contributed by atoms with E-state index in [1.165, 1.54) is 42.5 Å². The fourth-order valence-corrected chi connectivity index (χ4v) is 3.68. The van der Waals surface area contributed by atoms with Crippen molar-refractivity contribution in [3.05, 3.63) is 93.3 Å². The predicted octanol–water partition coefficient (Wildman–Crippen LogP) is 4.27. The third-order valence-corrected chi connectivity index (χ3v) is 5.33. The average molecular weight is 481 g/mol. The van der Waals surface area contributed by atoms with Crippen molar-refractivity contribution in [2.24, 2.45) is 0 Å². The summed E-state index contributed by atoms with van der Waals surface area (Å²) in [5, 5.41) is 12.0. The first kappa shape index (κ1) is 22.8. The molecule has 0 fully saturated rings. The second-order valence-corrected chi connectivity index (χ2v) is 7.61. The number of hydrogen-bond donors (Lipinski definition) is 2. The van der Waals surface area contributed by atoms with Gasteiger partial charge in [-0.15, -0.1) is 0 Å². The lowest BCUT2D eigenvalue weighted by atomic mass is 9.95. The number of benzene rings is 2. The number of aromatic nitrogens is 1. The van der Waals surface area contributed by atoms with Gasteiger partial charge in [-0.05, 0) is 42.0 Å². The van der Waals surface area contributed by atoms with E-state index in [4.69, 9.17) is 21.1 Å². The van der Waals surface area contributed by atoms with E-state index < -0.39 is 29.2 Å². The molecule has 0 spiro atoms. The summed E-state index contributed by atoms with van der Waals surface area (Å²) in [7, 11) is 0. The molecule has 0 aliphatic heterocycles. The van der Waals surface area contributed by atoms with Crippen LogP contribution in [0.1, 0.15) is 22.0 Å². The highest BCUT2D eigenvalue weighted by molar-refractivity contribution is 6.33. The van der Waals surface area contributed by atoms with Gasteiger partial charge in [0.15, 0.2) is 0 Å². The number of nitrogens with one attached hydrogen (secondary N) is 1. The van der Waals surface area contributed by atoms with Gasteiger partial charge in [-0.1, -0.05) is 23.7 Å². The zero-order chi connectivity index (χ0) is 24.4. The molecule has 34 heavy (non-hydrogen) atoms. The molecule has 2 N–H and O–H groups in total. The molecule has 2 heterocycles. The topological polar surface area (TPSA) is 127 Å². The van der Waals surface area contributed by atoms with Crippen LogP contribution < -0.4 is 10.9 Å². The number of fused-ring (bicyclic) bond motifs is 1. The van der Waals surface area contributed by atoms with Crippen molar-refractivity contribution < 1.29 is 28.3 Å². The summed E-state index contributed by atoms with van der Waals surface area (Å²) in [4.78, 5) is 51.2. The van der Waals surface area contributed by atoms with Crippen LogP contribution in [-0.4, -0.2) is 28.3 Å². The first-order valence-corrected chi connectivity index (χ1v) is 10.1. The van der Waals surface area contributed by atoms with Crippen molar-refractivity contribution in [3.8, 4) is 11.1 Å². The lowest BCUT2D eigenvalue weighted by Crippen LogP contribution is -2.22. The fraction of sp³-hybridized carbons (Fsp3) is 0.0417. The number of rotatable bonds is 6. The number of nitrogens with zero attached hydrogens (tertiary/aromatic N) is 1. The summed E-state index contributed by atoms with van der Waals surface area (Å²) < 4.78 is 18.7. The molecule has 0 saturated carbocycles. The first-order valence-electron chi connectivity index (χ1n) is 9.75. The van der Waals surface area contributed by atoms with Crippen LogP contribution in [0.25, 0.3) is 22.1 Å². The van der Waals surface area contributed by atoms with E-state index in [2.05, 4.69) is 10.3 Å². The van der Waals surface area contributed by atoms with Gasteiger partial charge in [-0.2, -0.15) is 0 Å². The molecule has 8 nitrogen and oxygen atoms in total. The molecule has 0 radical (unpaired) electrons. The van der Waals surface area contributed by atoms with Crippen LogP contribution in [0.3, 0.4) is 0 Å². The Balaban J connectivity index is 1.69. The van der Waals surface area contributed by atoms with Gasteiger partial charge in [-0.25, -0.2) is 19.0 Å². The molecule has 0 unspecified atom stereocenters. The smallest absolute Gasteiger partial charge is 0.354 e. The third kappa shape index (κ3) is 4.55. The standard InChI is InChI=1S/C24H14ClFN2O6/c25-19-8-13(26)2-5-15(19)17-9-22(30)34-21-7-12(1-4-16(17)21)18(11-29)23(31)28-14-3-6-20(24(32)33)27-10-14/h1-11,18H,(H,28,31)(H,32,33)/t18-/m0/s1. The minimum atomic E-state index is -1.26. The molecule has 2 aromatic heterocycles. The summed E-state index contributed by atoms with van der Waals surface area (Å²) in [6.45, 7) is 0. The van der Waals surface area contributed by atoms with E-state index in [1.807, 2.05) is 0 Å². The van der Waals surface area contributed by atoms with Gasteiger partial charge >= 0.3 is 11.6 Å². The van der Waals surface area contributed by atoms with Crippen molar-refractivity contribution in [2.45, 2.75) is 5.92 Å². The number of carboxylic acid groups (broad SMARTS) is 1. The zero-order valence-electron chi connectivity index (χ0n) is 17.1. The van der Waals surface area contributed by atoms with E-state index in [-0.39, 0.29) is 27.6 Å². The number of halogens is 2. The van der Waals surface area contributed by atoms with Crippen LogP contribution >= 0.6 is 11.6 Å². The van der Waals surface area contributed by atoms with Gasteiger partial charge in [0.25, 0.3) is 0 Å². The quantitative estimate of drug-likeness (QED) is 0.240. The van der Waals surface area contributed by atoms with Crippen molar-refractivity contribution in [1.82, 2.24) is 4.98 Å². The predicted molar refractivity (Wildman–Crippen MR) is 122 cm³/mol. The lowest BCUT2D eigenvalue weighted by Gasteiger charge is -2.13. The molecule has 4 aromatic rings. The van der Waals surface area contributed by atoms with E-state index in [0.29, 0.717) is 22.8 Å². The molecule has 0 saturated heterocycles. The Kier molecular flexibility index (Phi) is 6.20. The molecule has 0 bridgehead atoms. The maximum absolute atomic E-state index is 13.5. The number of carbonyl (C=O) groups excluding carboxylic acids is 2. The van der Waals surface area contributed by atoms with Crippen LogP contribution in [0, 0.1) is 5.82 Å². The second kappa shape index (κ2) is 9.24. The molecule has 0 aliphatic rings. The first-order chi connectivity index (χ1) is 16.3. The Morgan fingerprint density at radius 2 is 1.88 bits per heavy atom. The van der Waals surface area contributed by atoms with Gasteiger partial charge in [-0.3, -0.25) is 4.79 Å². The van der Waals surface area contributed by atoms with Gasteiger partial charge < -0.3 is 19.6 Å². The number of hydrogen-bond acceptors (Lipinski definition) is 6. The Morgan fingerprint density at radius 1 is 1.09 bits per heavy atom. The van der Waals surface area contributed by atoms with Crippen molar-refractivity contribution in [3.63, 3.8) is 0 Å². The molecule has 1 amide bonds. The van der Waals surface area contributed by atoms with Crippen LogP contribution in [0.4, 0.5) is 10.1 Å². The minimum Gasteiger partial charge on any atom is -0.477 e. The second-order valence-electron chi connectivity index (χ2n) is 7.20. The highest BCUT2D eigenvalue weighted by Crippen LogP contribution is 2.34. The molecule has 170 valence electrons. The SMILES string of the molecule is O=C[C@H](C(=O)Nc1ccc(C(=O)O)nc1)c1ccc2c(-c3ccc(F)cc3Cl)cc(=O)oc2c1. The summed E-state index contributed by atoms with van der Waals surface area (Å²) in [5.74, 6) is -3.70. The maximum Gasteiger partial charge on any atom is 0.354 e. The molecule has 10 heteroatoms. The number of carboxylic acids is 1. The highest BCUT2D eigenvalue weighted by Gasteiger charge is 2.22. The molecular formula is C24H14ClFN2O6. The monoisotopic (exact) mass is 480 g/mol. The van der Waals surface area contributed by atoms with Crippen LogP contribution in [-0.2, 0) is 9.59 Å². The third-order valence-electron chi connectivity index (χ3n) is 5.02. The van der Waals surface area contributed by atoms with E-state index >= 15 is 0 Å². The van der Waals surface area contributed by atoms with Gasteiger partial charge in [0.2, 0.25) is 5.91 Å². The van der Waals surface area contributed by atoms with Gasteiger partial charge in [0.05, 0.1) is 16.9 Å². The molecule has 4 rings (SSSR count). The van der Waals surface area contributed by atoms with Gasteiger partial charge in [0.1, 0.15) is 29.3 Å². The average Bonchev–Trinajstić information content (AvgIpc) is 2.79. The number of anilines is 1. The number of aromatic carboxylic acids is 1. The molecule has 0 aliphatic carbocycles. The van der Waals surface area contributed by atoms with Crippen LogP contribution in [0.15, 0.2) is 70.0 Å². The van der Waals surface area contributed by atoms with Crippen molar-refractivity contribution in [1.29, 1.82) is 0 Å². The Bertz CT molecular complexity index is 1500. The minimum absolute atomic E-state index is 0.101. The highest BCUT2D eigenvalue weighted by atomic mass is 35.5. The normalized spacial score (nSPS) is 11.7. The van der Waals surface area contributed by atoms with E-state index in [9.17, 15) is 23.6 Å². The Hall–Kier alpha value is -4.37. The zero-order valence-corrected chi connectivity index (χ0v) is 17.9. The number of aldehydes is 1. The molecular weight excluding hydrogens is 467 g/mol. The Labute approximate surface area is 195 Å². The van der Waals surface area contributed by atoms with Crippen molar-refractivity contribution in [2.75, 3.05) is 5.32 Å². The number of carbonyl (C=O) groups is 3. The van der Waals surface area contributed by atoms with Gasteiger partial charge in [0, 0.05) is 22.6 Å². The molecule has 2 aromatic carbocycles. The van der Waals surface area contributed by atoms with Crippen LogP contribution in [0.5, 0.6) is 0 Å². The Morgan fingerprint density at radius 3 is 2.53 bits per heavy atom. The maximum atomic E-state index is 13.5. The number of pyridine rings is 1. The van der Waals surface area contributed by atoms with Crippen LogP contribution in [0.2, 0.25) is 5.02 Å². The largest absolute Gasteiger partial charge is 0.477 e. The number of amides is 1. The summed E-state index contributed by atoms with van der Waals surface area (Å²) in [5.41, 5.74) is 0.467. The summed E-state index contributed by atoms with van der Waals surface area (Å²) >= 11 is 6.16. The van der Waals surface area contributed by atoms with E-state index in [1.54, 1.807) is 6.07 Å². The van der Waals surface area contributed by atoms with Crippen molar-refractivity contribution >= 4 is 46.4 Å².